The average molecular weight is 371 g/mol. The molecule has 0 radical (unpaired) electrons. The fourth-order valence-electron chi connectivity index (χ4n) is 1.74. The molecule has 2 rings (SSSR count). The van der Waals surface area contributed by atoms with Gasteiger partial charge in [0.2, 0.25) is 10.0 Å². The minimum atomic E-state index is -3.64. The maximum absolute atomic E-state index is 12.4. The van der Waals surface area contributed by atoms with Crippen LogP contribution in [-0.4, -0.2) is 25.8 Å². The molecule has 1 heterocycles. The van der Waals surface area contributed by atoms with Crippen LogP contribution in [0.2, 0.25) is 10.0 Å². The number of nitrogens with zero attached hydrogens (tertiary/aromatic N) is 1. The zero-order chi connectivity index (χ0) is 13.3. The van der Waals surface area contributed by atoms with Crippen molar-refractivity contribution < 1.29 is 8.42 Å². The largest absolute Gasteiger partial charge is 0.246 e. The van der Waals surface area contributed by atoms with E-state index in [1.54, 1.807) is 0 Å². The van der Waals surface area contributed by atoms with Crippen molar-refractivity contribution in [2.45, 2.75) is 11.3 Å². The van der Waals surface area contributed by atoms with Crippen molar-refractivity contribution in [1.82, 2.24) is 4.31 Å². The summed E-state index contributed by atoms with van der Waals surface area (Å²) in [5.41, 5.74) is 0. The summed E-state index contributed by atoms with van der Waals surface area (Å²) in [6, 6.07) is 3.06. The zero-order valence-corrected chi connectivity index (χ0v) is 13.2. The molecule has 0 spiro atoms. The molecule has 0 aliphatic carbocycles. The minimum absolute atomic E-state index is 0.0238. The standard InChI is InChI=1S/C11H10BrCl2NO2S/c12-8-6-9(13)11(10(14)7-8)18(16,17)15-4-2-1-3-5-15/h1-2,6-7H,3-5H2. The summed E-state index contributed by atoms with van der Waals surface area (Å²) >= 11 is 15.2. The molecule has 1 aromatic carbocycles. The second-order valence-corrected chi connectivity index (χ2v) is 7.43. The van der Waals surface area contributed by atoms with E-state index in [4.69, 9.17) is 23.2 Å². The summed E-state index contributed by atoms with van der Waals surface area (Å²) in [6.07, 6.45) is 4.48. The van der Waals surface area contributed by atoms with Crippen LogP contribution >= 0.6 is 39.1 Å². The second-order valence-electron chi connectivity index (χ2n) is 3.82. The summed E-state index contributed by atoms with van der Waals surface area (Å²) in [7, 11) is -3.64. The Labute approximate surface area is 125 Å². The molecule has 7 heteroatoms. The van der Waals surface area contributed by atoms with E-state index >= 15 is 0 Å². The summed E-state index contributed by atoms with van der Waals surface area (Å²) < 4.78 is 26.9. The Morgan fingerprint density at radius 1 is 1.17 bits per heavy atom. The molecule has 0 fully saturated rings. The first-order chi connectivity index (χ1) is 8.43. The van der Waals surface area contributed by atoms with Gasteiger partial charge in [-0.3, -0.25) is 0 Å². The molecule has 1 aromatic rings. The predicted octanol–water partition coefficient (Wildman–Crippen LogP) is 3.71. The molecular weight excluding hydrogens is 361 g/mol. The third kappa shape index (κ3) is 2.75. The molecule has 0 aromatic heterocycles. The van der Waals surface area contributed by atoms with Gasteiger partial charge >= 0.3 is 0 Å². The molecule has 0 N–H and O–H groups in total. The third-order valence-electron chi connectivity index (χ3n) is 2.58. The SMILES string of the molecule is O=S(=O)(c1c(Cl)cc(Br)cc1Cl)N1CC=CCC1. The molecule has 0 bridgehead atoms. The molecule has 18 heavy (non-hydrogen) atoms. The van der Waals surface area contributed by atoms with Gasteiger partial charge in [-0.05, 0) is 18.6 Å². The van der Waals surface area contributed by atoms with E-state index in [9.17, 15) is 8.42 Å². The van der Waals surface area contributed by atoms with Gasteiger partial charge in [0.15, 0.2) is 0 Å². The first-order valence-electron chi connectivity index (χ1n) is 5.22. The fourth-order valence-corrected chi connectivity index (χ4v) is 5.03. The molecule has 0 atom stereocenters. The average Bonchev–Trinajstić information content (AvgIpc) is 2.28. The van der Waals surface area contributed by atoms with Crippen LogP contribution in [0.1, 0.15) is 6.42 Å². The highest BCUT2D eigenvalue weighted by atomic mass is 79.9. The van der Waals surface area contributed by atoms with Gasteiger partial charge in [0.05, 0.1) is 10.0 Å². The topological polar surface area (TPSA) is 37.4 Å². The van der Waals surface area contributed by atoms with E-state index in [0.717, 1.165) is 0 Å². The summed E-state index contributed by atoms with van der Waals surface area (Å²) in [5.74, 6) is 0. The first-order valence-corrected chi connectivity index (χ1v) is 8.21. The van der Waals surface area contributed by atoms with Crippen LogP contribution in [0.3, 0.4) is 0 Å². The lowest BCUT2D eigenvalue weighted by Crippen LogP contribution is -2.34. The Hall–Kier alpha value is -0.0700. The predicted molar refractivity (Wildman–Crippen MR) is 76.7 cm³/mol. The second kappa shape index (κ2) is 5.51. The van der Waals surface area contributed by atoms with E-state index in [1.165, 1.54) is 16.4 Å². The summed E-state index contributed by atoms with van der Waals surface area (Å²) in [5, 5.41) is 0.257. The Morgan fingerprint density at radius 2 is 1.78 bits per heavy atom. The minimum Gasteiger partial charge on any atom is -0.207 e. The lowest BCUT2D eigenvalue weighted by atomic mass is 10.3. The van der Waals surface area contributed by atoms with Crippen molar-refractivity contribution in [1.29, 1.82) is 0 Å². The van der Waals surface area contributed by atoms with Crippen molar-refractivity contribution >= 4 is 49.2 Å². The fraction of sp³-hybridized carbons (Fsp3) is 0.273. The Bertz CT molecular complexity index is 578. The van der Waals surface area contributed by atoms with Crippen LogP contribution in [0.15, 0.2) is 33.7 Å². The smallest absolute Gasteiger partial charge is 0.207 e. The number of rotatable bonds is 2. The van der Waals surface area contributed by atoms with Crippen molar-refractivity contribution in [2.75, 3.05) is 13.1 Å². The number of hydrogen-bond acceptors (Lipinski definition) is 2. The van der Waals surface area contributed by atoms with Gasteiger partial charge in [0.25, 0.3) is 0 Å². The summed E-state index contributed by atoms with van der Waals surface area (Å²) in [4.78, 5) is -0.0238. The number of halogens is 3. The highest BCUT2D eigenvalue weighted by Gasteiger charge is 2.29. The van der Waals surface area contributed by atoms with Crippen LogP contribution in [-0.2, 0) is 10.0 Å². The molecule has 1 aliphatic rings. The van der Waals surface area contributed by atoms with E-state index in [-0.39, 0.29) is 14.9 Å². The molecule has 0 amide bonds. The van der Waals surface area contributed by atoms with E-state index < -0.39 is 10.0 Å². The normalized spacial score (nSPS) is 17.1. The van der Waals surface area contributed by atoms with Gasteiger partial charge in [-0.25, -0.2) is 8.42 Å². The highest BCUT2D eigenvalue weighted by Crippen LogP contribution is 2.35. The maximum Gasteiger partial charge on any atom is 0.246 e. The molecular formula is C11H10BrCl2NO2S. The van der Waals surface area contributed by atoms with Crippen molar-refractivity contribution in [2.24, 2.45) is 0 Å². The van der Waals surface area contributed by atoms with Crippen molar-refractivity contribution in [3.8, 4) is 0 Å². The van der Waals surface area contributed by atoms with Crippen LogP contribution in [0, 0.1) is 0 Å². The quantitative estimate of drug-likeness (QED) is 0.744. The number of benzene rings is 1. The van der Waals surface area contributed by atoms with Gasteiger partial charge in [0.1, 0.15) is 4.90 Å². The Kier molecular flexibility index (Phi) is 4.39. The van der Waals surface area contributed by atoms with Crippen molar-refractivity contribution in [3.63, 3.8) is 0 Å². The van der Waals surface area contributed by atoms with Gasteiger partial charge < -0.3 is 0 Å². The lowest BCUT2D eigenvalue weighted by molar-refractivity contribution is 0.437. The van der Waals surface area contributed by atoms with Crippen LogP contribution in [0.4, 0.5) is 0 Å². The van der Waals surface area contributed by atoms with Crippen molar-refractivity contribution in [3.05, 3.63) is 38.8 Å². The molecule has 0 unspecified atom stereocenters. The van der Waals surface area contributed by atoms with E-state index in [2.05, 4.69) is 15.9 Å². The lowest BCUT2D eigenvalue weighted by Gasteiger charge is -2.23. The maximum atomic E-state index is 12.4. The third-order valence-corrected chi connectivity index (χ3v) is 5.83. The molecule has 0 saturated carbocycles. The Balaban J connectivity index is 2.51. The van der Waals surface area contributed by atoms with Gasteiger partial charge in [0, 0.05) is 17.6 Å². The zero-order valence-electron chi connectivity index (χ0n) is 9.24. The molecule has 0 saturated heterocycles. The van der Waals surface area contributed by atoms with Crippen LogP contribution < -0.4 is 0 Å². The van der Waals surface area contributed by atoms with Crippen LogP contribution in [0.5, 0.6) is 0 Å². The van der Waals surface area contributed by atoms with Gasteiger partial charge in [-0.15, -0.1) is 0 Å². The Morgan fingerprint density at radius 3 is 2.28 bits per heavy atom. The van der Waals surface area contributed by atoms with Gasteiger partial charge in [-0.2, -0.15) is 4.31 Å². The number of sulfonamides is 1. The number of hydrogen-bond donors (Lipinski definition) is 0. The van der Waals surface area contributed by atoms with Gasteiger partial charge in [-0.1, -0.05) is 51.3 Å². The monoisotopic (exact) mass is 369 g/mol. The first kappa shape index (κ1) is 14.3. The highest BCUT2D eigenvalue weighted by molar-refractivity contribution is 9.10. The van der Waals surface area contributed by atoms with E-state index in [0.29, 0.717) is 24.0 Å². The van der Waals surface area contributed by atoms with Crippen LogP contribution in [0.25, 0.3) is 0 Å². The van der Waals surface area contributed by atoms with E-state index in [1.807, 2.05) is 12.2 Å². The molecule has 98 valence electrons. The molecule has 3 nitrogen and oxygen atoms in total. The molecule has 1 aliphatic heterocycles. The summed E-state index contributed by atoms with van der Waals surface area (Å²) in [6.45, 7) is 0.798.